The molecule has 1 atom stereocenters. The number of carbonyl (C=O) groups excluding carboxylic acids is 3. The van der Waals surface area contributed by atoms with Gasteiger partial charge >= 0.3 is 12.1 Å². The van der Waals surface area contributed by atoms with Crippen LogP contribution in [0.5, 0.6) is 0 Å². The minimum Gasteiger partial charge on any atom is -0.469 e. The standard InChI is InChI=1S/C13H22N2O5/c1-13(2,3)20-12(18)15-8-6-9(15)11(17)14-7-5-10(16)19-4/h9H,5-8H2,1-4H3,(H,14,17)/t9-/m0/s1. The Morgan fingerprint density at radius 1 is 1.30 bits per heavy atom. The van der Waals surface area contributed by atoms with Crippen molar-refractivity contribution in [2.45, 2.75) is 45.3 Å². The van der Waals surface area contributed by atoms with E-state index in [0.717, 1.165) is 0 Å². The molecule has 0 unspecified atom stereocenters. The molecule has 114 valence electrons. The van der Waals surface area contributed by atoms with E-state index in [1.54, 1.807) is 20.8 Å². The predicted octanol–water partition coefficient (Wildman–Crippen LogP) is 0.675. The molecule has 7 heteroatoms. The van der Waals surface area contributed by atoms with Crippen molar-refractivity contribution in [3.63, 3.8) is 0 Å². The summed E-state index contributed by atoms with van der Waals surface area (Å²) in [5, 5.41) is 2.61. The van der Waals surface area contributed by atoms with Crippen LogP contribution in [-0.4, -0.2) is 54.7 Å². The molecule has 1 aliphatic heterocycles. The third-order valence-electron chi connectivity index (χ3n) is 2.81. The molecule has 2 amide bonds. The zero-order valence-corrected chi connectivity index (χ0v) is 12.4. The normalized spacial score (nSPS) is 18.0. The lowest BCUT2D eigenvalue weighted by atomic mass is 10.0. The molecule has 1 saturated heterocycles. The van der Waals surface area contributed by atoms with Crippen LogP contribution in [0.15, 0.2) is 0 Å². The molecule has 0 radical (unpaired) electrons. The van der Waals surface area contributed by atoms with E-state index in [9.17, 15) is 14.4 Å². The Kier molecular flexibility index (Phi) is 5.35. The highest BCUT2D eigenvalue weighted by atomic mass is 16.6. The number of hydrogen-bond acceptors (Lipinski definition) is 5. The first kappa shape index (κ1) is 16.3. The molecule has 0 aromatic rings. The first-order valence-electron chi connectivity index (χ1n) is 6.59. The lowest BCUT2D eigenvalue weighted by Gasteiger charge is -2.40. The second-order valence-corrected chi connectivity index (χ2v) is 5.60. The highest BCUT2D eigenvalue weighted by Crippen LogP contribution is 2.21. The Morgan fingerprint density at radius 3 is 2.40 bits per heavy atom. The van der Waals surface area contributed by atoms with Crippen LogP contribution < -0.4 is 5.32 Å². The third kappa shape index (κ3) is 4.71. The highest BCUT2D eigenvalue weighted by molar-refractivity contribution is 5.87. The van der Waals surface area contributed by atoms with Crippen LogP contribution in [0.25, 0.3) is 0 Å². The van der Waals surface area contributed by atoms with Crippen molar-refractivity contribution in [1.82, 2.24) is 10.2 Å². The lowest BCUT2D eigenvalue weighted by Crippen LogP contribution is -2.59. The smallest absolute Gasteiger partial charge is 0.410 e. The van der Waals surface area contributed by atoms with E-state index in [2.05, 4.69) is 10.1 Å². The number of ether oxygens (including phenoxy) is 2. The number of rotatable bonds is 4. The molecule has 1 rings (SSSR count). The average molecular weight is 286 g/mol. The number of likely N-dealkylation sites (tertiary alicyclic amines) is 1. The van der Waals surface area contributed by atoms with Gasteiger partial charge in [0.1, 0.15) is 11.6 Å². The number of amides is 2. The van der Waals surface area contributed by atoms with E-state index < -0.39 is 17.7 Å². The molecular formula is C13H22N2O5. The minimum absolute atomic E-state index is 0.112. The summed E-state index contributed by atoms with van der Waals surface area (Å²) in [6, 6.07) is -0.512. The number of nitrogens with zero attached hydrogens (tertiary/aromatic N) is 1. The molecular weight excluding hydrogens is 264 g/mol. The predicted molar refractivity (Wildman–Crippen MR) is 71.0 cm³/mol. The quantitative estimate of drug-likeness (QED) is 0.768. The average Bonchev–Trinajstić information content (AvgIpc) is 2.24. The van der Waals surface area contributed by atoms with Crippen LogP contribution in [0.1, 0.15) is 33.6 Å². The first-order chi connectivity index (χ1) is 9.24. The molecule has 1 fully saturated rings. The summed E-state index contributed by atoms with van der Waals surface area (Å²) in [5.74, 6) is -0.658. The van der Waals surface area contributed by atoms with Crippen molar-refractivity contribution < 1.29 is 23.9 Å². The van der Waals surface area contributed by atoms with E-state index in [1.165, 1.54) is 12.0 Å². The van der Waals surface area contributed by atoms with E-state index in [0.29, 0.717) is 13.0 Å². The van der Waals surface area contributed by atoms with Crippen LogP contribution in [0.2, 0.25) is 0 Å². The van der Waals surface area contributed by atoms with Gasteiger partial charge < -0.3 is 14.8 Å². The molecule has 1 heterocycles. The molecule has 0 bridgehead atoms. The summed E-state index contributed by atoms with van der Waals surface area (Å²) in [4.78, 5) is 36.0. The maximum atomic E-state index is 11.9. The summed E-state index contributed by atoms with van der Waals surface area (Å²) in [6.45, 7) is 6.02. The Morgan fingerprint density at radius 2 is 1.95 bits per heavy atom. The Hall–Kier alpha value is -1.79. The molecule has 0 aromatic heterocycles. The summed E-state index contributed by atoms with van der Waals surface area (Å²) in [5.41, 5.74) is -0.585. The van der Waals surface area contributed by atoms with Gasteiger partial charge in [-0.15, -0.1) is 0 Å². The van der Waals surface area contributed by atoms with Crippen molar-refractivity contribution in [1.29, 1.82) is 0 Å². The van der Waals surface area contributed by atoms with Gasteiger partial charge in [0.25, 0.3) is 0 Å². The fourth-order valence-corrected chi connectivity index (χ4v) is 1.71. The van der Waals surface area contributed by atoms with Gasteiger partial charge in [-0.05, 0) is 27.2 Å². The second-order valence-electron chi connectivity index (χ2n) is 5.60. The van der Waals surface area contributed by atoms with Crippen molar-refractivity contribution in [2.24, 2.45) is 0 Å². The first-order valence-corrected chi connectivity index (χ1v) is 6.59. The molecule has 0 aliphatic carbocycles. The fraction of sp³-hybridized carbons (Fsp3) is 0.769. The fourth-order valence-electron chi connectivity index (χ4n) is 1.71. The summed E-state index contributed by atoms with van der Waals surface area (Å²) >= 11 is 0. The van der Waals surface area contributed by atoms with Gasteiger partial charge in [-0.25, -0.2) is 4.79 Å². The molecule has 1 aliphatic rings. The zero-order valence-electron chi connectivity index (χ0n) is 12.4. The molecule has 7 nitrogen and oxygen atoms in total. The number of esters is 1. The van der Waals surface area contributed by atoms with Crippen LogP contribution >= 0.6 is 0 Å². The van der Waals surface area contributed by atoms with Gasteiger partial charge in [0.15, 0.2) is 0 Å². The van der Waals surface area contributed by atoms with Crippen molar-refractivity contribution >= 4 is 18.0 Å². The van der Waals surface area contributed by atoms with Crippen molar-refractivity contribution in [3.05, 3.63) is 0 Å². The van der Waals surface area contributed by atoms with Gasteiger partial charge in [-0.2, -0.15) is 0 Å². The largest absolute Gasteiger partial charge is 0.469 e. The number of nitrogens with one attached hydrogen (secondary N) is 1. The lowest BCUT2D eigenvalue weighted by molar-refractivity contribution is -0.140. The molecule has 0 saturated carbocycles. The molecule has 0 aromatic carbocycles. The van der Waals surface area contributed by atoms with Crippen LogP contribution in [0.4, 0.5) is 4.79 Å². The Balaban J connectivity index is 2.38. The maximum absolute atomic E-state index is 11.9. The summed E-state index contributed by atoms with van der Waals surface area (Å²) in [7, 11) is 1.29. The topological polar surface area (TPSA) is 84.9 Å². The number of hydrogen-bond donors (Lipinski definition) is 1. The highest BCUT2D eigenvalue weighted by Gasteiger charge is 2.39. The summed E-state index contributed by atoms with van der Waals surface area (Å²) < 4.78 is 9.69. The van der Waals surface area contributed by atoms with Gasteiger partial charge in [0.2, 0.25) is 5.91 Å². The number of methoxy groups -OCH3 is 1. The SMILES string of the molecule is COC(=O)CCNC(=O)[C@@H]1CCN1C(=O)OC(C)(C)C. The van der Waals surface area contributed by atoms with E-state index >= 15 is 0 Å². The monoisotopic (exact) mass is 286 g/mol. The van der Waals surface area contributed by atoms with Crippen molar-refractivity contribution in [3.8, 4) is 0 Å². The molecule has 0 spiro atoms. The van der Waals surface area contributed by atoms with Crippen LogP contribution in [0.3, 0.4) is 0 Å². The van der Waals surface area contributed by atoms with Crippen molar-refractivity contribution in [2.75, 3.05) is 20.2 Å². The van der Waals surface area contributed by atoms with Crippen LogP contribution in [0, 0.1) is 0 Å². The van der Waals surface area contributed by atoms with Gasteiger partial charge in [-0.1, -0.05) is 0 Å². The molecule has 20 heavy (non-hydrogen) atoms. The third-order valence-corrected chi connectivity index (χ3v) is 2.81. The Labute approximate surface area is 118 Å². The second kappa shape index (κ2) is 6.58. The maximum Gasteiger partial charge on any atom is 0.410 e. The summed E-state index contributed by atoms with van der Waals surface area (Å²) in [6.07, 6.45) is 0.224. The van der Waals surface area contributed by atoms with Crippen LogP contribution in [-0.2, 0) is 19.1 Å². The van der Waals surface area contributed by atoms with Gasteiger partial charge in [-0.3, -0.25) is 14.5 Å². The van der Waals surface area contributed by atoms with Gasteiger partial charge in [0, 0.05) is 13.1 Å². The van der Waals surface area contributed by atoms with Gasteiger partial charge in [0.05, 0.1) is 13.5 Å². The Bertz CT molecular complexity index is 389. The zero-order chi connectivity index (χ0) is 15.3. The van der Waals surface area contributed by atoms with E-state index in [-0.39, 0.29) is 24.8 Å². The van der Waals surface area contributed by atoms with E-state index in [4.69, 9.17) is 4.74 Å². The number of carbonyl (C=O) groups is 3. The van der Waals surface area contributed by atoms with E-state index in [1.807, 2.05) is 0 Å². The molecule has 1 N–H and O–H groups in total. The minimum atomic E-state index is -0.585.